The lowest BCUT2D eigenvalue weighted by molar-refractivity contribution is -0.528. The number of nitrogens with zero attached hydrogens (tertiary/aromatic N) is 3. The van der Waals surface area contributed by atoms with Crippen LogP contribution in [0.1, 0.15) is 29.6 Å². The minimum atomic E-state index is -0.599. The molecule has 10 heteroatoms. The quantitative estimate of drug-likeness (QED) is 0.557. The van der Waals surface area contributed by atoms with Crippen molar-refractivity contribution in [2.75, 3.05) is 26.2 Å². The van der Waals surface area contributed by atoms with Crippen LogP contribution in [0.4, 0.5) is 4.39 Å². The Morgan fingerprint density at radius 2 is 1.69 bits per heavy atom. The van der Waals surface area contributed by atoms with E-state index in [-0.39, 0.29) is 28.7 Å². The Morgan fingerprint density at radius 3 is 2.34 bits per heavy atom. The molecule has 1 aromatic rings. The molecule has 2 aliphatic heterocycles. The van der Waals surface area contributed by atoms with Crippen molar-refractivity contribution in [3.8, 4) is 0 Å². The molecule has 3 fully saturated rings. The maximum absolute atomic E-state index is 13.0. The highest BCUT2D eigenvalue weighted by Crippen LogP contribution is 2.32. The van der Waals surface area contributed by atoms with E-state index in [0.717, 1.165) is 0 Å². The average Bonchev–Trinajstić information content (AvgIpc) is 3.16. The van der Waals surface area contributed by atoms with Gasteiger partial charge in [0.1, 0.15) is 11.9 Å². The molecule has 0 spiro atoms. The molecule has 3 aliphatic rings. The highest BCUT2D eigenvalue weighted by Gasteiger charge is 2.47. The highest BCUT2D eigenvalue weighted by molar-refractivity contribution is 5.94. The van der Waals surface area contributed by atoms with Crippen molar-refractivity contribution in [1.82, 2.24) is 20.7 Å². The fourth-order valence-corrected chi connectivity index (χ4v) is 4.57. The first-order valence-corrected chi connectivity index (χ1v) is 9.92. The Balaban J connectivity index is 1.35. The van der Waals surface area contributed by atoms with E-state index in [0.29, 0.717) is 51.0 Å². The molecule has 4 unspecified atom stereocenters. The highest BCUT2D eigenvalue weighted by atomic mass is 19.1. The van der Waals surface area contributed by atoms with Gasteiger partial charge in [-0.1, -0.05) is 0 Å². The molecule has 4 rings (SSSR count). The van der Waals surface area contributed by atoms with Gasteiger partial charge in [-0.05, 0) is 30.7 Å². The number of nitrogens with one attached hydrogen (secondary N) is 2. The van der Waals surface area contributed by atoms with Gasteiger partial charge in [0.25, 0.3) is 5.91 Å². The van der Waals surface area contributed by atoms with Gasteiger partial charge in [0, 0.05) is 61.5 Å². The zero-order valence-electron chi connectivity index (χ0n) is 15.9. The van der Waals surface area contributed by atoms with Gasteiger partial charge in [0.05, 0.1) is 0 Å². The number of halogens is 1. The lowest BCUT2D eigenvalue weighted by Gasteiger charge is -2.37. The number of hydrazine groups is 1. The largest absolute Gasteiger partial charge is 0.338 e. The van der Waals surface area contributed by atoms with Crippen molar-refractivity contribution in [2.45, 2.75) is 37.4 Å². The van der Waals surface area contributed by atoms with Crippen molar-refractivity contribution < 1.29 is 18.9 Å². The summed E-state index contributed by atoms with van der Waals surface area (Å²) in [6, 6.07) is 4.41. The lowest BCUT2D eigenvalue weighted by atomic mass is 9.79. The van der Waals surface area contributed by atoms with Crippen molar-refractivity contribution in [1.29, 1.82) is 0 Å². The van der Waals surface area contributed by atoms with Crippen molar-refractivity contribution in [3.05, 3.63) is 45.8 Å². The Bertz CT molecular complexity index is 796. The Kier molecular flexibility index (Phi) is 5.46. The standard InChI is InChI=1S/C19H24FN5O4/c20-13-3-1-12(2-4-13)18(26)23-7-9-24(10-8-23)19(27)17-15-11-14(25(28)29)5-6-16(15)21-22-17/h1-4,14-17,21-22H,5-11H2. The van der Waals surface area contributed by atoms with E-state index in [9.17, 15) is 24.1 Å². The van der Waals surface area contributed by atoms with E-state index < -0.39 is 17.9 Å². The average molecular weight is 405 g/mol. The monoisotopic (exact) mass is 405 g/mol. The van der Waals surface area contributed by atoms with Crippen molar-refractivity contribution in [3.63, 3.8) is 0 Å². The SMILES string of the molecule is O=C(c1ccc(F)cc1)N1CCN(C(=O)C2NNC3CCC([N+](=O)[O-])CC32)CC1. The number of carbonyl (C=O) groups excluding carboxylic acids is 2. The summed E-state index contributed by atoms with van der Waals surface area (Å²) in [5.41, 5.74) is 6.59. The van der Waals surface area contributed by atoms with Gasteiger partial charge in [-0.3, -0.25) is 25.1 Å². The van der Waals surface area contributed by atoms with Crippen LogP contribution in [-0.4, -0.2) is 70.8 Å². The maximum Gasteiger partial charge on any atom is 0.253 e. The van der Waals surface area contributed by atoms with Gasteiger partial charge in [-0.25, -0.2) is 9.82 Å². The molecule has 2 heterocycles. The number of hydrogen-bond donors (Lipinski definition) is 2. The molecule has 2 amide bonds. The summed E-state index contributed by atoms with van der Waals surface area (Å²) in [6.45, 7) is 1.60. The second-order valence-corrected chi connectivity index (χ2v) is 7.91. The first-order valence-electron chi connectivity index (χ1n) is 9.92. The maximum atomic E-state index is 13.0. The molecule has 29 heavy (non-hydrogen) atoms. The summed E-state index contributed by atoms with van der Waals surface area (Å²) in [5.74, 6) is -0.762. The summed E-state index contributed by atoms with van der Waals surface area (Å²) in [7, 11) is 0. The van der Waals surface area contributed by atoms with E-state index in [1.165, 1.54) is 24.3 Å². The van der Waals surface area contributed by atoms with Crippen LogP contribution in [0, 0.1) is 21.8 Å². The molecule has 0 bridgehead atoms. The normalized spacial score (nSPS) is 29.4. The van der Waals surface area contributed by atoms with E-state index in [4.69, 9.17) is 0 Å². The van der Waals surface area contributed by atoms with Crippen LogP contribution in [0.15, 0.2) is 24.3 Å². The molecule has 2 saturated heterocycles. The molecule has 1 saturated carbocycles. The van der Waals surface area contributed by atoms with Gasteiger partial charge in [0.2, 0.25) is 11.9 Å². The van der Waals surface area contributed by atoms with E-state index in [1.54, 1.807) is 9.80 Å². The zero-order chi connectivity index (χ0) is 20.5. The van der Waals surface area contributed by atoms with Crippen molar-refractivity contribution in [2.24, 2.45) is 5.92 Å². The molecular formula is C19H24FN5O4. The van der Waals surface area contributed by atoms with Crippen LogP contribution in [0.25, 0.3) is 0 Å². The fourth-order valence-electron chi connectivity index (χ4n) is 4.57. The Morgan fingerprint density at radius 1 is 1.03 bits per heavy atom. The zero-order valence-corrected chi connectivity index (χ0v) is 15.9. The molecule has 0 radical (unpaired) electrons. The topological polar surface area (TPSA) is 108 Å². The van der Waals surface area contributed by atoms with Gasteiger partial charge < -0.3 is 9.80 Å². The predicted octanol–water partition coefficient (Wildman–Crippen LogP) is 0.401. The molecule has 1 aliphatic carbocycles. The third-order valence-corrected chi connectivity index (χ3v) is 6.26. The van der Waals surface area contributed by atoms with Gasteiger partial charge in [0.15, 0.2) is 0 Å². The van der Waals surface area contributed by atoms with Gasteiger partial charge in [-0.2, -0.15) is 0 Å². The third-order valence-electron chi connectivity index (χ3n) is 6.26. The van der Waals surface area contributed by atoms with E-state index in [1.807, 2.05) is 0 Å². The molecule has 0 aromatic heterocycles. The number of carbonyl (C=O) groups is 2. The first-order chi connectivity index (χ1) is 13.9. The van der Waals surface area contributed by atoms with Gasteiger partial charge in [-0.15, -0.1) is 0 Å². The van der Waals surface area contributed by atoms with Crippen LogP contribution in [0.2, 0.25) is 0 Å². The van der Waals surface area contributed by atoms with Crippen LogP contribution in [0.5, 0.6) is 0 Å². The third kappa shape index (κ3) is 3.95. The number of hydrogen-bond acceptors (Lipinski definition) is 6. The first kappa shape index (κ1) is 19.7. The molecule has 9 nitrogen and oxygen atoms in total. The summed E-state index contributed by atoms with van der Waals surface area (Å²) in [6.07, 6.45) is 1.58. The minimum Gasteiger partial charge on any atom is -0.338 e. The molecule has 4 atom stereocenters. The fraction of sp³-hybridized carbons (Fsp3) is 0.579. The molecule has 2 N–H and O–H groups in total. The van der Waals surface area contributed by atoms with Crippen LogP contribution < -0.4 is 10.9 Å². The summed E-state index contributed by atoms with van der Waals surface area (Å²) in [4.78, 5) is 39.9. The van der Waals surface area contributed by atoms with Crippen LogP contribution in [-0.2, 0) is 4.79 Å². The van der Waals surface area contributed by atoms with E-state index in [2.05, 4.69) is 10.9 Å². The Hall–Kier alpha value is -2.59. The van der Waals surface area contributed by atoms with Gasteiger partial charge >= 0.3 is 0 Å². The Labute approximate surface area is 167 Å². The number of nitro groups is 1. The van der Waals surface area contributed by atoms with Crippen molar-refractivity contribution >= 4 is 11.8 Å². The second-order valence-electron chi connectivity index (χ2n) is 7.91. The summed E-state index contributed by atoms with van der Waals surface area (Å²) >= 11 is 0. The van der Waals surface area contributed by atoms with Crippen LogP contribution >= 0.6 is 0 Å². The minimum absolute atomic E-state index is 0.0708. The molecular weight excluding hydrogens is 381 g/mol. The molecule has 1 aromatic carbocycles. The number of piperazine rings is 1. The second kappa shape index (κ2) is 8.03. The number of fused-ring (bicyclic) bond motifs is 1. The number of benzene rings is 1. The smallest absolute Gasteiger partial charge is 0.253 e. The number of rotatable bonds is 3. The molecule has 156 valence electrons. The summed E-state index contributed by atoms with van der Waals surface area (Å²) < 4.78 is 13.0. The predicted molar refractivity (Wildman–Crippen MR) is 101 cm³/mol. The summed E-state index contributed by atoms with van der Waals surface area (Å²) in [5, 5.41) is 11.2. The van der Waals surface area contributed by atoms with Crippen LogP contribution in [0.3, 0.4) is 0 Å². The van der Waals surface area contributed by atoms with E-state index >= 15 is 0 Å². The lowest BCUT2D eigenvalue weighted by Crippen LogP contribution is -2.56. The number of amides is 2.